The van der Waals surface area contributed by atoms with Crippen molar-refractivity contribution in [1.82, 2.24) is 0 Å². The number of anilines is 2. The molecule has 5 heteroatoms. The standard InChI is InChI=1S/C16H14BrClN2S/c17-12-5-7-15(14(18)9-12)20-16(21)19-13-6-4-10-2-1-3-11(10)8-13/h4-9H,1-3H2,(H2,19,20,21). The van der Waals surface area contributed by atoms with E-state index in [1.165, 1.54) is 24.0 Å². The van der Waals surface area contributed by atoms with E-state index in [1.807, 2.05) is 18.2 Å². The Morgan fingerprint density at radius 3 is 2.67 bits per heavy atom. The van der Waals surface area contributed by atoms with Crippen LogP contribution in [-0.2, 0) is 12.8 Å². The van der Waals surface area contributed by atoms with Gasteiger partial charge in [-0.2, -0.15) is 0 Å². The summed E-state index contributed by atoms with van der Waals surface area (Å²) >= 11 is 14.9. The number of benzene rings is 2. The molecule has 0 bridgehead atoms. The molecule has 0 aliphatic heterocycles. The third-order valence-electron chi connectivity index (χ3n) is 3.54. The number of aryl methyl sites for hydroxylation is 2. The molecule has 0 saturated heterocycles. The van der Waals surface area contributed by atoms with Gasteiger partial charge < -0.3 is 10.6 Å². The number of hydrogen-bond donors (Lipinski definition) is 2. The molecule has 1 aliphatic carbocycles. The molecule has 1 aliphatic rings. The van der Waals surface area contributed by atoms with Gasteiger partial charge in [0, 0.05) is 10.2 Å². The van der Waals surface area contributed by atoms with Crippen LogP contribution in [0, 0.1) is 0 Å². The molecule has 0 fully saturated rings. The van der Waals surface area contributed by atoms with E-state index in [4.69, 9.17) is 23.8 Å². The van der Waals surface area contributed by atoms with Crippen LogP contribution >= 0.6 is 39.7 Å². The van der Waals surface area contributed by atoms with Gasteiger partial charge in [-0.05, 0) is 72.9 Å². The molecular weight excluding hydrogens is 368 g/mol. The topological polar surface area (TPSA) is 24.1 Å². The van der Waals surface area contributed by atoms with Gasteiger partial charge in [-0.3, -0.25) is 0 Å². The summed E-state index contributed by atoms with van der Waals surface area (Å²) in [6.45, 7) is 0. The molecule has 0 amide bonds. The van der Waals surface area contributed by atoms with E-state index in [1.54, 1.807) is 0 Å². The van der Waals surface area contributed by atoms with Crippen LogP contribution in [0.2, 0.25) is 5.02 Å². The van der Waals surface area contributed by atoms with Crippen molar-refractivity contribution in [2.45, 2.75) is 19.3 Å². The first-order valence-electron chi connectivity index (χ1n) is 6.77. The van der Waals surface area contributed by atoms with Crippen molar-refractivity contribution in [3.8, 4) is 0 Å². The summed E-state index contributed by atoms with van der Waals surface area (Å²) in [4.78, 5) is 0. The number of hydrogen-bond acceptors (Lipinski definition) is 1. The summed E-state index contributed by atoms with van der Waals surface area (Å²) < 4.78 is 0.940. The van der Waals surface area contributed by atoms with Crippen molar-refractivity contribution in [2.75, 3.05) is 10.6 Å². The minimum atomic E-state index is 0.539. The van der Waals surface area contributed by atoms with Crippen molar-refractivity contribution in [3.63, 3.8) is 0 Å². The number of fused-ring (bicyclic) bond motifs is 1. The van der Waals surface area contributed by atoms with Crippen LogP contribution in [0.4, 0.5) is 11.4 Å². The van der Waals surface area contributed by atoms with E-state index in [0.717, 1.165) is 22.3 Å². The average molecular weight is 382 g/mol. The molecule has 0 saturated carbocycles. The van der Waals surface area contributed by atoms with Crippen LogP contribution in [0.1, 0.15) is 17.5 Å². The van der Waals surface area contributed by atoms with Gasteiger partial charge >= 0.3 is 0 Å². The maximum Gasteiger partial charge on any atom is 0.175 e. The first-order valence-corrected chi connectivity index (χ1v) is 8.34. The monoisotopic (exact) mass is 380 g/mol. The largest absolute Gasteiger partial charge is 0.332 e. The van der Waals surface area contributed by atoms with E-state index in [9.17, 15) is 0 Å². The Hall–Kier alpha value is -1.10. The summed E-state index contributed by atoms with van der Waals surface area (Å²) in [5, 5.41) is 7.50. The third kappa shape index (κ3) is 3.57. The van der Waals surface area contributed by atoms with Gasteiger partial charge in [-0.1, -0.05) is 33.6 Å². The van der Waals surface area contributed by atoms with Crippen molar-refractivity contribution < 1.29 is 0 Å². The number of nitrogens with one attached hydrogen (secondary N) is 2. The SMILES string of the molecule is S=C(Nc1ccc2c(c1)CCC2)Nc1ccc(Br)cc1Cl. The molecule has 2 nitrogen and oxygen atoms in total. The fourth-order valence-electron chi connectivity index (χ4n) is 2.53. The zero-order chi connectivity index (χ0) is 14.8. The molecule has 21 heavy (non-hydrogen) atoms. The predicted octanol–water partition coefficient (Wildman–Crippen LogP) is 5.40. The Morgan fingerprint density at radius 2 is 1.86 bits per heavy atom. The second kappa shape index (κ2) is 6.34. The van der Waals surface area contributed by atoms with Gasteiger partial charge in [-0.15, -0.1) is 0 Å². The highest BCUT2D eigenvalue weighted by Gasteiger charge is 2.11. The highest BCUT2D eigenvalue weighted by atomic mass is 79.9. The Bertz CT molecular complexity index is 703. The second-order valence-corrected chi connectivity index (χ2v) is 6.77. The predicted molar refractivity (Wildman–Crippen MR) is 97.5 cm³/mol. The Balaban J connectivity index is 1.69. The fourth-order valence-corrected chi connectivity index (χ4v) is 3.47. The minimum absolute atomic E-state index is 0.539. The molecule has 2 aromatic rings. The number of halogens is 2. The van der Waals surface area contributed by atoms with Crippen LogP contribution in [-0.4, -0.2) is 5.11 Å². The summed E-state index contributed by atoms with van der Waals surface area (Å²) in [6.07, 6.45) is 3.59. The molecule has 3 rings (SSSR count). The first kappa shape index (κ1) is 14.8. The Kier molecular flexibility index (Phi) is 4.48. The van der Waals surface area contributed by atoms with Crippen LogP contribution in [0.25, 0.3) is 0 Å². The zero-order valence-electron chi connectivity index (χ0n) is 11.2. The maximum absolute atomic E-state index is 6.17. The van der Waals surface area contributed by atoms with Gasteiger partial charge in [0.1, 0.15) is 0 Å². The Labute approximate surface area is 143 Å². The van der Waals surface area contributed by atoms with Crippen molar-refractivity contribution in [1.29, 1.82) is 0 Å². The van der Waals surface area contributed by atoms with E-state index in [2.05, 4.69) is 44.8 Å². The minimum Gasteiger partial charge on any atom is -0.332 e. The summed E-state index contributed by atoms with van der Waals surface area (Å²) in [5.41, 5.74) is 4.68. The van der Waals surface area contributed by atoms with Crippen LogP contribution in [0.5, 0.6) is 0 Å². The smallest absolute Gasteiger partial charge is 0.175 e. The molecule has 108 valence electrons. The van der Waals surface area contributed by atoms with Gasteiger partial charge in [0.15, 0.2) is 5.11 Å². The average Bonchev–Trinajstić information content (AvgIpc) is 2.89. The van der Waals surface area contributed by atoms with Crippen LogP contribution in [0.3, 0.4) is 0 Å². The van der Waals surface area contributed by atoms with Crippen LogP contribution in [0.15, 0.2) is 40.9 Å². The van der Waals surface area contributed by atoms with Gasteiger partial charge in [0.05, 0.1) is 10.7 Å². The number of thiocarbonyl (C=S) groups is 1. The van der Waals surface area contributed by atoms with E-state index in [-0.39, 0.29) is 0 Å². The highest BCUT2D eigenvalue weighted by Crippen LogP contribution is 2.27. The quantitative estimate of drug-likeness (QED) is 0.681. The van der Waals surface area contributed by atoms with E-state index >= 15 is 0 Å². The van der Waals surface area contributed by atoms with Gasteiger partial charge in [-0.25, -0.2) is 0 Å². The fraction of sp³-hybridized carbons (Fsp3) is 0.188. The zero-order valence-corrected chi connectivity index (χ0v) is 14.4. The lowest BCUT2D eigenvalue weighted by Crippen LogP contribution is -2.19. The molecule has 0 radical (unpaired) electrons. The summed E-state index contributed by atoms with van der Waals surface area (Å²) in [7, 11) is 0. The first-order chi connectivity index (χ1) is 10.1. The Morgan fingerprint density at radius 1 is 1.05 bits per heavy atom. The molecule has 0 aromatic heterocycles. The molecule has 0 atom stereocenters. The molecule has 0 unspecified atom stereocenters. The van der Waals surface area contributed by atoms with Crippen molar-refractivity contribution in [3.05, 3.63) is 57.0 Å². The maximum atomic E-state index is 6.17. The molecule has 2 aromatic carbocycles. The van der Waals surface area contributed by atoms with Crippen LogP contribution < -0.4 is 10.6 Å². The molecular formula is C16H14BrClN2S. The second-order valence-electron chi connectivity index (χ2n) is 5.04. The van der Waals surface area contributed by atoms with Gasteiger partial charge in [0.2, 0.25) is 0 Å². The molecule has 2 N–H and O–H groups in total. The lowest BCUT2D eigenvalue weighted by Gasteiger charge is -2.13. The highest BCUT2D eigenvalue weighted by molar-refractivity contribution is 9.10. The lowest BCUT2D eigenvalue weighted by atomic mass is 10.1. The lowest BCUT2D eigenvalue weighted by molar-refractivity contribution is 0.912. The van der Waals surface area contributed by atoms with E-state index < -0.39 is 0 Å². The summed E-state index contributed by atoms with van der Waals surface area (Å²) in [5.74, 6) is 0. The molecule has 0 spiro atoms. The van der Waals surface area contributed by atoms with Crippen molar-refractivity contribution >= 4 is 56.2 Å². The third-order valence-corrected chi connectivity index (χ3v) is 4.55. The van der Waals surface area contributed by atoms with Crippen molar-refractivity contribution in [2.24, 2.45) is 0 Å². The molecule has 0 heterocycles. The van der Waals surface area contributed by atoms with Gasteiger partial charge in [0.25, 0.3) is 0 Å². The normalized spacial score (nSPS) is 12.9. The van der Waals surface area contributed by atoms with E-state index in [0.29, 0.717) is 10.1 Å². The number of rotatable bonds is 2. The summed E-state index contributed by atoms with van der Waals surface area (Å²) in [6, 6.07) is 12.1.